The van der Waals surface area contributed by atoms with E-state index in [4.69, 9.17) is 4.74 Å². The van der Waals surface area contributed by atoms with Crippen LogP contribution < -0.4 is 0 Å². The number of hydrogen-bond acceptors (Lipinski definition) is 3. The van der Waals surface area contributed by atoms with E-state index >= 15 is 0 Å². The molecule has 0 aromatic carbocycles. The van der Waals surface area contributed by atoms with E-state index in [2.05, 4.69) is 16.7 Å². The van der Waals surface area contributed by atoms with E-state index < -0.39 is 0 Å². The van der Waals surface area contributed by atoms with Gasteiger partial charge in [-0.2, -0.15) is 11.8 Å². The van der Waals surface area contributed by atoms with Gasteiger partial charge in [-0.25, -0.2) is 0 Å². The SMILES string of the molecule is O=C(CC1CCCO1)N1CCSC2(CCCCC2)C1. The summed E-state index contributed by atoms with van der Waals surface area (Å²) in [5.74, 6) is 1.45. The average Bonchev–Trinajstić information content (AvgIpc) is 2.92. The standard InChI is InChI=1S/C15H25NO2S/c17-14(11-13-5-4-9-18-13)16-8-10-19-15(12-16)6-2-1-3-7-15/h13H,1-12H2. The number of amides is 1. The fraction of sp³-hybridized carbons (Fsp3) is 0.933. The molecular weight excluding hydrogens is 258 g/mol. The zero-order chi connectivity index (χ0) is 13.1. The molecule has 0 bridgehead atoms. The number of carbonyl (C=O) groups excluding carboxylic acids is 1. The number of carbonyl (C=O) groups is 1. The summed E-state index contributed by atoms with van der Waals surface area (Å²) in [4.78, 5) is 14.5. The maximum absolute atomic E-state index is 12.4. The van der Waals surface area contributed by atoms with Gasteiger partial charge < -0.3 is 9.64 Å². The Kier molecular flexibility index (Phi) is 4.37. The van der Waals surface area contributed by atoms with Crippen LogP contribution >= 0.6 is 11.8 Å². The quantitative estimate of drug-likeness (QED) is 0.780. The Balaban J connectivity index is 1.56. The van der Waals surface area contributed by atoms with Crippen molar-refractivity contribution in [3.63, 3.8) is 0 Å². The Morgan fingerprint density at radius 1 is 1.26 bits per heavy atom. The van der Waals surface area contributed by atoms with Crippen molar-refractivity contribution in [2.24, 2.45) is 0 Å². The molecule has 2 heterocycles. The van der Waals surface area contributed by atoms with Crippen LogP contribution in [0.1, 0.15) is 51.4 Å². The third-order valence-electron chi connectivity index (χ3n) is 4.79. The van der Waals surface area contributed by atoms with Crippen LogP contribution in [0.15, 0.2) is 0 Å². The van der Waals surface area contributed by atoms with Crippen LogP contribution in [0.3, 0.4) is 0 Å². The van der Waals surface area contributed by atoms with E-state index in [1.165, 1.54) is 32.1 Å². The lowest BCUT2D eigenvalue weighted by Crippen LogP contribution is -2.50. The van der Waals surface area contributed by atoms with Gasteiger partial charge in [0.1, 0.15) is 0 Å². The maximum atomic E-state index is 12.4. The van der Waals surface area contributed by atoms with Gasteiger partial charge in [-0.1, -0.05) is 19.3 Å². The van der Waals surface area contributed by atoms with E-state index in [0.717, 1.165) is 38.3 Å². The lowest BCUT2D eigenvalue weighted by atomic mass is 9.87. The van der Waals surface area contributed by atoms with Crippen LogP contribution in [0, 0.1) is 0 Å². The van der Waals surface area contributed by atoms with Gasteiger partial charge in [-0.05, 0) is 25.7 Å². The molecule has 1 aliphatic carbocycles. The summed E-state index contributed by atoms with van der Waals surface area (Å²) in [6.45, 7) is 2.78. The summed E-state index contributed by atoms with van der Waals surface area (Å²) in [6, 6.07) is 0. The topological polar surface area (TPSA) is 29.5 Å². The molecule has 1 atom stereocenters. The Labute approximate surface area is 120 Å². The fourth-order valence-electron chi connectivity index (χ4n) is 3.69. The summed E-state index contributed by atoms with van der Waals surface area (Å²) in [5, 5.41) is 0. The monoisotopic (exact) mass is 283 g/mol. The molecule has 2 saturated heterocycles. The number of ether oxygens (including phenoxy) is 1. The number of rotatable bonds is 2. The fourth-order valence-corrected chi connectivity index (χ4v) is 5.25. The van der Waals surface area contributed by atoms with Crippen LogP contribution in [0.25, 0.3) is 0 Å². The molecule has 1 spiro atoms. The minimum Gasteiger partial charge on any atom is -0.378 e. The van der Waals surface area contributed by atoms with E-state index in [0.29, 0.717) is 17.1 Å². The summed E-state index contributed by atoms with van der Waals surface area (Å²) < 4.78 is 5.99. The van der Waals surface area contributed by atoms with Crippen molar-refractivity contribution in [2.45, 2.75) is 62.2 Å². The Morgan fingerprint density at radius 2 is 2.11 bits per heavy atom. The highest BCUT2D eigenvalue weighted by Gasteiger charge is 2.39. The molecule has 2 aliphatic heterocycles. The normalized spacial score (nSPS) is 30.7. The molecule has 1 unspecified atom stereocenters. The van der Waals surface area contributed by atoms with Gasteiger partial charge in [0.25, 0.3) is 0 Å². The van der Waals surface area contributed by atoms with E-state index in [-0.39, 0.29) is 6.10 Å². The van der Waals surface area contributed by atoms with Crippen molar-refractivity contribution < 1.29 is 9.53 Å². The summed E-state index contributed by atoms with van der Waals surface area (Å²) in [5.41, 5.74) is 0. The first-order valence-electron chi connectivity index (χ1n) is 7.81. The van der Waals surface area contributed by atoms with Crippen LogP contribution in [0.2, 0.25) is 0 Å². The molecule has 1 saturated carbocycles. The molecular formula is C15H25NO2S. The molecule has 3 nitrogen and oxygen atoms in total. The average molecular weight is 283 g/mol. The number of nitrogens with zero attached hydrogens (tertiary/aromatic N) is 1. The van der Waals surface area contributed by atoms with Gasteiger partial charge in [-0.15, -0.1) is 0 Å². The molecule has 0 aromatic heterocycles. The van der Waals surface area contributed by atoms with Gasteiger partial charge >= 0.3 is 0 Å². The molecule has 3 aliphatic rings. The van der Waals surface area contributed by atoms with Crippen LogP contribution in [-0.2, 0) is 9.53 Å². The highest BCUT2D eigenvalue weighted by atomic mass is 32.2. The third kappa shape index (κ3) is 3.27. The van der Waals surface area contributed by atoms with E-state index in [1.807, 2.05) is 0 Å². The lowest BCUT2D eigenvalue weighted by molar-refractivity contribution is -0.134. The largest absolute Gasteiger partial charge is 0.378 e. The summed E-state index contributed by atoms with van der Waals surface area (Å²) >= 11 is 2.13. The number of thioether (sulfide) groups is 1. The first kappa shape index (κ1) is 13.7. The summed E-state index contributed by atoms with van der Waals surface area (Å²) in [7, 11) is 0. The second-order valence-corrected chi connectivity index (χ2v) is 7.81. The van der Waals surface area contributed by atoms with Crippen LogP contribution in [0.4, 0.5) is 0 Å². The smallest absolute Gasteiger partial charge is 0.225 e. The van der Waals surface area contributed by atoms with Crippen molar-refractivity contribution in [3.8, 4) is 0 Å². The molecule has 0 aromatic rings. The highest BCUT2D eigenvalue weighted by Crippen LogP contribution is 2.42. The molecule has 0 N–H and O–H groups in total. The van der Waals surface area contributed by atoms with Gasteiger partial charge in [0, 0.05) is 30.2 Å². The van der Waals surface area contributed by atoms with Crippen molar-refractivity contribution in [2.75, 3.05) is 25.4 Å². The van der Waals surface area contributed by atoms with Gasteiger partial charge in [0.2, 0.25) is 5.91 Å². The molecule has 19 heavy (non-hydrogen) atoms. The van der Waals surface area contributed by atoms with Crippen molar-refractivity contribution >= 4 is 17.7 Å². The summed E-state index contributed by atoms with van der Waals surface area (Å²) in [6.07, 6.45) is 9.69. The van der Waals surface area contributed by atoms with Gasteiger partial charge in [0.05, 0.1) is 12.5 Å². The van der Waals surface area contributed by atoms with Crippen molar-refractivity contribution in [3.05, 3.63) is 0 Å². The minimum atomic E-state index is 0.199. The third-order valence-corrected chi connectivity index (χ3v) is 6.33. The van der Waals surface area contributed by atoms with Crippen LogP contribution in [-0.4, -0.2) is 47.1 Å². The highest BCUT2D eigenvalue weighted by molar-refractivity contribution is 8.00. The maximum Gasteiger partial charge on any atom is 0.225 e. The minimum absolute atomic E-state index is 0.199. The molecule has 0 radical (unpaired) electrons. The molecule has 4 heteroatoms. The molecule has 3 rings (SSSR count). The molecule has 108 valence electrons. The first-order chi connectivity index (χ1) is 9.27. The number of hydrogen-bond donors (Lipinski definition) is 0. The molecule has 3 fully saturated rings. The Bertz CT molecular complexity index is 317. The van der Waals surface area contributed by atoms with Crippen molar-refractivity contribution in [1.82, 2.24) is 4.90 Å². The van der Waals surface area contributed by atoms with E-state index in [9.17, 15) is 4.79 Å². The Morgan fingerprint density at radius 3 is 2.84 bits per heavy atom. The predicted molar refractivity (Wildman–Crippen MR) is 78.4 cm³/mol. The van der Waals surface area contributed by atoms with Crippen molar-refractivity contribution in [1.29, 1.82) is 0 Å². The second kappa shape index (κ2) is 6.04. The lowest BCUT2D eigenvalue weighted by Gasteiger charge is -2.44. The Hall–Kier alpha value is -0.220. The second-order valence-electron chi connectivity index (χ2n) is 6.25. The van der Waals surface area contributed by atoms with E-state index in [1.54, 1.807) is 0 Å². The zero-order valence-electron chi connectivity index (χ0n) is 11.7. The first-order valence-corrected chi connectivity index (χ1v) is 8.79. The van der Waals surface area contributed by atoms with Gasteiger partial charge in [0.15, 0.2) is 0 Å². The predicted octanol–water partition coefficient (Wildman–Crippen LogP) is 2.83. The van der Waals surface area contributed by atoms with Crippen LogP contribution in [0.5, 0.6) is 0 Å². The van der Waals surface area contributed by atoms with Gasteiger partial charge in [-0.3, -0.25) is 4.79 Å². The zero-order valence-corrected chi connectivity index (χ0v) is 12.6. The molecule has 1 amide bonds.